The summed E-state index contributed by atoms with van der Waals surface area (Å²) in [7, 11) is 0. The Morgan fingerprint density at radius 3 is 2.27 bits per heavy atom. The van der Waals surface area contributed by atoms with E-state index >= 15 is 0 Å². The summed E-state index contributed by atoms with van der Waals surface area (Å²) >= 11 is 0. The zero-order chi connectivity index (χ0) is 8.91. The van der Waals surface area contributed by atoms with Crippen LogP contribution in [0.1, 0.15) is 40.5 Å². The lowest BCUT2D eigenvalue weighted by molar-refractivity contribution is 0.417. The molecule has 0 rings (SSSR count). The molecule has 0 heterocycles. The fourth-order valence-corrected chi connectivity index (χ4v) is 0.809. The summed E-state index contributed by atoms with van der Waals surface area (Å²) < 4.78 is 0. The summed E-state index contributed by atoms with van der Waals surface area (Å²) in [5.41, 5.74) is 1.70. The van der Waals surface area contributed by atoms with E-state index in [-0.39, 0.29) is 0 Å². The molecule has 0 aromatic carbocycles. The van der Waals surface area contributed by atoms with Gasteiger partial charge in [0.1, 0.15) is 0 Å². The Morgan fingerprint density at radius 2 is 2.00 bits per heavy atom. The minimum absolute atomic E-state index is 0.303. The third-order valence-electron chi connectivity index (χ3n) is 2.28. The lowest BCUT2D eigenvalue weighted by Gasteiger charge is -2.21. The average molecular weight is 152 g/mol. The van der Waals surface area contributed by atoms with Crippen molar-refractivity contribution in [3.8, 4) is 0 Å². The Kier molecular flexibility index (Phi) is 4.17. The molecule has 0 fully saturated rings. The van der Waals surface area contributed by atoms with Gasteiger partial charge in [0.05, 0.1) is 0 Å². The molecule has 0 aliphatic carbocycles. The van der Waals surface area contributed by atoms with E-state index in [0.29, 0.717) is 5.41 Å². The highest BCUT2D eigenvalue weighted by Gasteiger charge is 2.14. The second-order valence-electron chi connectivity index (χ2n) is 3.70. The van der Waals surface area contributed by atoms with Gasteiger partial charge in [-0.1, -0.05) is 31.6 Å². The highest BCUT2D eigenvalue weighted by Crippen LogP contribution is 2.27. The van der Waals surface area contributed by atoms with Crippen molar-refractivity contribution in [1.82, 2.24) is 0 Å². The van der Waals surface area contributed by atoms with Crippen molar-refractivity contribution < 1.29 is 0 Å². The first-order valence-corrected chi connectivity index (χ1v) is 4.31. The molecule has 0 aliphatic heterocycles. The van der Waals surface area contributed by atoms with Gasteiger partial charge in [-0.25, -0.2) is 0 Å². The fourth-order valence-electron chi connectivity index (χ4n) is 0.809. The van der Waals surface area contributed by atoms with Crippen LogP contribution in [0, 0.1) is 5.41 Å². The molecule has 0 aromatic heterocycles. The van der Waals surface area contributed by atoms with Gasteiger partial charge in [0.25, 0.3) is 0 Å². The van der Waals surface area contributed by atoms with Crippen LogP contribution in [0.4, 0.5) is 0 Å². The maximum absolute atomic E-state index is 3.85. The van der Waals surface area contributed by atoms with E-state index in [4.69, 9.17) is 0 Å². The maximum atomic E-state index is 3.85. The molecule has 0 aliphatic rings. The first kappa shape index (κ1) is 10.5. The van der Waals surface area contributed by atoms with Crippen LogP contribution in [-0.2, 0) is 0 Å². The molecule has 0 saturated heterocycles. The predicted molar refractivity (Wildman–Crippen MR) is 52.6 cm³/mol. The van der Waals surface area contributed by atoms with Gasteiger partial charge in [0.15, 0.2) is 0 Å². The normalized spacial score (nSPS) is 15.3. The van der Waals surface area contributed by atoms with Gasteiger partial charge in [-0.15, -0.1) is 6.58 Å². The van der Waals surface area contributed by atoms with Crippen molar-refractivity contribution in [2.75, 3.05) is 0 Å². The van der Waals surface area contributed by atoms with Crippen LogP contribution in [0.25, 0.3) is 0 Å². The smallest absolute Gasteiger partial charge is 0.0117 e. The molecule has 11 heavy (non-hydrogen) atoms. The molecule has 0 nitrogen and oxygen atoms in total. The number of hydrogen-bond acceptors (Lipinski definition) is 0. The van der Waals surface area contributed by atoms with Crippen molar-refractivity contribution in [1.29, 1.82) is 0 Å². The van der Waals surface area contributed by atoms with Gasteiger partial charge >= 0.3 is 0 Å². The van der Waals surface area contributed by atoms with E-state index < -0.39 is 0 Å². The summed E-state index contributed by atoms with van der Waals surface area (Å²) in [5.74, 6) is 0. The highest BCUT2D eigenvalue weighted by molar-refractivity contribution is 5.01. The molecule has 0 bridgehead atoms. The van der Waals surface area contributed by atoms with Crippen LogP contribution < -0.4 is 0 Å². The zero-order valence-electron chi connectivity index (χ0n) is 8.28. The summed E-state index contributed by atoms with van der Waals surface area (Å²) in [6.45, 7) is 12.6. The summed E-state index contributed by atoms with van der Waals surface area (Å²) in [6.07, 6.45) is 6.63. The van der Waals surface area contributed by atoms with Crippen LogP contribution >= 0.6 is 0 Å². The molecule has 64 valence electrons. The predicted octanol–water partition coefficient (Wildman–Crippen LogP) is 3.95. The van der Waals surface area contributed by atoms with E-state index in [1.54, 1.807) is 0 Å². The lowest BCUT2D eigenvalue weighted by Crippen LogP contribution is -2.09. The van der Waals surface area contributed by atoms with E-state index in [1.165, 1.54) is 12.0 Å². The summed E-state index contributed by atoms with van der Waals surface area (Å²) in [6, 6.07) is 0. The Hall–Kier alpha value is -0.520. The molecule has 0 saturated carbocycles. The van der Waals surface area contributed by atoms with Crippen molar-refractivity contribution >= 4 is 0 Å². The van der Waals surface area contributed by atoms with Crippen molar-refractivity contribution in [3.63, 3.8) is 0 Å². The Bertz CT molecular complexity index is 149. The third-order valence-corrected chi connectivity index (χ3v) is 2.28. The Morgan fingerprint density at radius 1 is 1.45 bits per heavy atom. The van der Waals surface area contributed by atoms with E-state index in [1.807, 2.05) is 0 Å². The maximum Gasteiger partial charge on any atom is -0.0117 e. The Labute approximate surface area is 71.0 Å². The second-order valence-corrected chi connectivity index (χ2v) is 3.70. The molecule has 0 spiro atoms. The van der Waals surface area contributed by atoms with Gasteiger partial charge in [-0.05, 0) is 32.1 Å². The highest BCUT2D eigenvalue weighted by atomic mass is 14.2. The molecule has 0 heteroatoms. The molecule has 1 unspecified atom stereocenters. The van der Waals surface area contributed by atoms with E-state index in [0.717, 1.165) is 6.42 Å². The van der Waals surface area contributed by atoms with Crippen LogP contribution in [-0.4, -0.2) is 0 Å². The van der Waals surface area contributed by atoms with Gasteiger partial charge in [0, 0.05) is 0 Å². The molecule has 0 amide bonds. The first-order chi connectivity index (χ1) is 5.04. The average Bonchev–Trinajstić information content (AvgIpc) is 2.00. The number of allylic oxidation sites excluding steroid dienone is 3. The van der Waals surface area contributed by atoms with Crippen LogP contribution in [0.2, 0.25) is 0 Å². The van der Waals surface area contributed by atoms with Crippen LogP contribution in [0.15, 0.2) is 24.3 Å². The topological polar surface area (TPSA) is 0 Å². The fraction of sp³-hybridized carbons (Fsp3) is 0.636. The number of hydrogen-bond donors (Lipinski definition) is 0. The van der Waals surface area contributed by atoms with Crippen molar-refractivity contribution in [3.05, 3.63) is 24.3 Å². The molecule has 1 atom stereocenters. The minimum Gasteiger partial charge on any atom is -0.103 e. The van der Waals surface area contributed by atoms with E-state index in [9.17, 15) is 0 Å². The third kappa shape index (κ3) is 4.02. The summed E-state index contributed by atoms with van der Waals surface area (Å²) in [5, 5.41) is 0. The molecular weight excluding hydrogens is 132 g/mol. The molecule has 0 N–H and O–H groups in total. The van der Waals surface area contributed by atoms with Gasteiger partial charge in [-0.2, -0.15) is 0 Å². The van der Waals surface area contributed by atoms with Crippen molar-refractivity contribution in [2.24, 2.45) is 5.41 Å². The monoisotopic (exact) mass is 152 g/mol. The molecular formula is C11H20. The van der Waals surface area contributed by atoms with Crippen LogP contribution in [0.3, 0.4) is 0 Å². The SMILES string of the molecule is C=CC(C)(CC)CC=C(C)C. The van der Waals surface area contributed by atoms with Gasteiger partial charge in [-0.3, -0.25) is 0 Å². The standard InChI is InChI=1S/C11H20/c1-6-11(5,7-2)9-8-10(3)4/h6,8H,1,7,9H2,2-5H3. The zero-order valence-corrected chi connectivity index (χ0v) is 8.28. The van der Waals surface area contributed by atoms with E-state index in [2.05, 4.69) is 46.4 Å². The quantitative estimate of drug-likeness (QED) is 0.535. The van der Waals surface area contributed by atoms with Gasteiger partial charge < -0.3 is 0 Å². The van der Waals surface area contributed by atoms with Crippen molar-refractivity contribution in [2.45, 2.75) is 40.5 Å². The molecule has 0 aromatic rings. The molecule has 0 radical (unpaired) electrons. The van der Waals surface area contributed by atoms with Crippen LogP contribution in [0.5, 0.6) is 0 Å². The minimum atomic E-state index is 0.303. The van der Waals surface area contributed by atoms with Gasteiger partial charge in [0.2, 0.25) is 0 Å². The summed E-state index contributed by atoms with van der Waals surface area (Å²) in [4.78, 5) is 0. The Balaban J connectivity index is 4.09. The second kappa shape index (κ2) is 4.38. The lowest BCUT2D eigenvalue weighted by atomic mass is 9.84. The first-order valence-electron chi connectivity index (χ1n) is 4.31. The largest absolute Gasteiger partial charge is 0.103 e. The number of rotatable bonds is 4.